The van der Waals surface area contributed by atoms with Crippen molar-refractivity contribution < 1.29 is 9.18 Å². The van der Waals surface area contributed by atoms with Gasteiger partial charge in [-0.05, 0) is 37.1 Å². The van der Waals surface area contributed by atoms with Crippen molar-refractivity contribution in [3.8, 4) is 0 Å². The van der Waals surface area contributed by atoms with Crippen molar-refractivity contribution in [1.29, 1.82) is 0 Å². The Hall–Kier alpha value is -3.23. The van der Waals surface area contributed by atoms with Crippen molar-refractivity contribution in [2.75, 3.05) is 18.0 Å². The van der Waals surface area contributed by atoms with Gasteiger partial charge in [-0.3, -0.25) is 9.59 Å². The van der Waals surface area contributed by atoms with E-state index in [0.717, 1.165) is 36.3 Å². The van der Waals surface area contributed by atoms with Gasteiger partial charge in [-0.2, -0.15) is 10.2 Å². The molecule has 1 N–H and O–H groups in total. The molecule has 0 aliphatic carbocycles. The van der Waals surface area contributed by atoms with Gasteiger partial charge < -0.3 is 10.2 Å². The second kappa shape index (κ2) is 7.18. The lowest BCUT2D eigenvalue weighted by Crippen LogP contribution is -2.46. The van der Waals surface area contributed by atoms with Gasteiger partial charge >= 0.3 is 0 Å². The summed E-state index contributed by atoms with van der Waals surface area (Å²) < 4.78 is 15.9. The van der Waals surface area contributed by atoms with Crippen LogP contribution in [0, 0.1) is 5.82 Å². The van der Waals surface area contributed by atoms with E-state index >= 15 is 0 Å². The number of benzene rings is 1. The lowest BCUT2D eigenvalue weighted by atomic mass is 10.0. The highest BCUT2D eigenvalue weighted by atomic mass is 19.1. The summed E-state index contributed by atoms with van der Waals surface area (Å²) in [7, 11) is 0. The monoisotopic (exact) mass is 370 g/mol. The minimum absolute atomic E-state index is 0.0247. The molecular weight excluding hydrogens is 351 g/mol. The van der Waals surface area contributed by atoms with Crippen LogP contribution >= 0.6 is 0 Å². The largest absolute Gasteiger partial charge is 0.371 e. The van der Waals surface area contributed by atoms with Crippen LogP contribution < -0.4 is 15.8 Å². The predicted octanol–water partition coefficient (Wildman–Crippen LogP) is 0.815. The van der Waals surface area contributed by atoms with E-state index in [1.54, 1.807) is 12.1 Å². The molecule has 27 heavy (non-hydrogen) atoms. The summed E-state index contributed by atoms with van der Waals surface area (Å²) in [6.45, 7) is 1.33. The third kappa shape index (κ3) is 3.67. The van der Waals surface area contributed by atoms with Crippen LogP contribution in [0.1, 0.15) is 12.8 Å². The lowest BCUT2D eigenvalue weighted by molar-refractivity contribution is -0.122. The van der Waals surface area contributed by atoms with E-state index in [2.05, 4.69) is 20.4 Å². The predicted molar refractivity (Wildman–Crippen MR) is 97.0 cm³/mol. The molecule has 3 heterocycles. The maximum atomic E-state index is 13.4. The molecule has 1 fully saturated rings. The number of piperidine rings is 1. The molecule has 3 aromatic rings. The summed E-state index contributed by atoms with van der Waals surface area (Å²) in [6, 6.07) is 8.13. The standard InChI is InChI=1S/C18H19FN6O2/c19-13-2-1-3-15(10-13)23-8-5-14(6-9-23)22-17(26)11-24-18(27)16-4-7-20-25(16)12-21-24/h1-4,7,10,12,14H,5-6,8-9,11H2,(H,22,26). The summed E-state index contributed by atoms with van der Waals surface area (Å²) in [4.78, 5) is 26.7. The second-order valence-electron chi connectivity index (χ2n) is 6.56. The average molecular weight is 370 g/mol. The van der Waals surface area contributed by atoms with Crippen LogP contribution in [-0.4, -0.2) is 44.4 Å². The first kappa shape index (κ1) is 17.2. The minimum atomic E-state index is -0.355. The Morgan fingerprint density at radius 1 is 1.22 bits per heavy atom. The number of amides is 1. The highest BCUT2D eigenvalue weighted by Crippen LogP contribution is 2.20. The molecule has 1 amide bonds. The highest BCUT2D eigenvalue weighted by molar-refractivity contribution is 5.76. The number of nitrogens with zero attached hydrogens (tertiary/aromatic N) is 5. The maximum Gasteiger partial charge on any atom is 0.293 e. The smallest absolute Gasteiger partial charge is 0.293 e. The normalized spacial score (nSPS) is 15.2. The zero-order valence-corrected chi connectivity index (χ0v) is 14.6. The quantitative estimate of drug-likeness (QED) is 0.735. The van der Waals surface area contributed by atoms with Crippen molar-refractivity contribution in [3.05, 3.63) is 59.0 Å². The van der Waals surface area contributed by atoms with Gasteiger partial charge in [-0.15, -0.1) is 0 Å². The zero-order chi connectivity index (χ0) is 18.8. The number of aromatic nitrogens is 4. The van der Waals surface area contributed by atoms with E-state index in [-0.39, 0.29) is 29.9 Å². The molecule has 1 aromatic carbocycles. The van der Waals surface area contributed by atoms with Gasteiger partial charge in [0, 0.05) is 24.8 Å². The van der Waals surface area contributed by atoms with Gasteiger partial charge in [-0.1, -0.05) is 6.07 Å². The van der Waals surface area contributed by atoms with E-state index in [1.807, 2.05) is 6.07 Å². The lowest BCUT2D eigenvalue weighted by Gasteiger charge is -2.34. The van der Waals surface area contributed by atoms with Crippen molar-refractivity contribution in [3.63, 3.8) is 0 Å². The second-order valence-corrected chi connectivity index (χ2v) is 6.56. The van der Waals surface area contributed by atoms with Gasteiger partial charge in [0.1, 0.15) is 24.2 Å². The number of hydrogen-bond acceptors (Lipinski definition) is 5. The first-order valence-electron chi connectivity index (χ1n) is 8.79. The van der Waals surface area contributed by atoms with E-state index in [9.17, 15) is 14.0 Å². The molecule has 0 unspecified atom stereocenters. The number of carbonyl (C=O) groups is 1. The molecule has 0 atom stereocenters. The van der Waals surface area contributed by atoms with Gasteiger partial charge in [0.25, 0.3) is 5.56 Å². The van der Waals surface area contributed by atoms with Gasteiger partial charge in [-0.25, -0.2) is 13.6 Å². The van der Waals surface area contributed by atoms with E-state index < -0.39 is 0 Å². The Morgan fingerprint density at radius 2 is 2.04 bits per heavy atom. The molecule has 1 aliphatic rings. The van der Waals surface area contributed by atoms with E-state index in [1.165, 1.54) is 29.2 Å². The Bertz CT molecular complexity index is 1020. The third-order valence-corrected chi connectivity index (χ3v) is 4.75. The first-order valence-corrected chi connectivity index (χ1v) is 8.79. The average Bonchev–Trinajstić information content (AvgIpc) is 3.14. The van der Waals surface area contributed by atoms with Gasteiger partial charge in [0.05, 0.1) is 6.20 Å². The number of rotatable bonds is 4. The zero-order valence-electron chi connectivity index (χ0n) is 14.6. The van der Waals surface area contributed by atoms with Crippen molar-refractivity contribution >= 4 is 17.1 Å². The summed E-state index contributed by atoms with van der Waals surface area (Å²) in [5.41, 5.74) is 0.872. The van der Waals surface area contributed by atoms with Crippen LogP contribution in [0.15, 0.2) is 47.7 Å². The number of nitrogens with one attached hydrogen (secondary N) is 1. The molecule has 8 nitrogen and oxygen atoms in total. The fourth-order valence-corrected chi connectivity index (χ4v) is 3.35. The number of hydrogen-bond donors (Lipinski definition) is 1. The fourth-order valence-electron chi connectivity index (χ4n) is 3.35. The molecule has 1 saturated heterocycles. The Balaban J connectivity index is 1.34. The first-order chi connectivity index (χ1) is 13.1. The van der Waals surface area contributed by atoms with Crippen LogP contribution in [0.2, 0.25) is 0 Å². The molecule has 0 radical (unpaired) electrons. The molecule has 9 heteroatoms. The Labute approximate surface area is 154 Å². The maximum absolute atomic E-state index is 13.4. The van der Waals surface area contributed by atoms with Crippen molar-refractivity contribution in [2.24, 2.45) is 0 Å². The highest BCUT2D eigenvalue weighted by Gasteiger charge is 2.21. The van der Waals surface area contributed by atoms with Crippen LogP contribution in [0.4, 0.5) is 10.1 Å². The van der Waals surface area contributed by atoms with Crippen LogP contribution in [0.3, 0.4) is 0 Å². The molecule has 1 aliphatic heterocycles. The molecule has 4 rings (SSSR count). The summed E-state index contributed by atoms with van der Waals surface area (Å²) in [6.07, 6.45) is 4.43. The summed E-state index contributed by atoms with van der Waals surface area (Å²) in [5.74, 6) is -0.506. The van der Waals surface area contributed by atoms with Crippen molar-refractivity contribution in [2.45, 2.75) is 25.4 Å². The third-order valence-electron chi connectivity index (χ3n) is 4.75. The fraction of sp³-hybridized carbons (Fsp3) is 0.333. The number of fused-ring (bicyclic) bond motifs is 1. The SMILES string of the molecule is O=C(Cn1ncn2nccc2c1=O)NC1CCN(c2cccc(F)c2)CC1. The van der Waals surface area contributed by atoms with Crippen LogP contribution in [0.5, 0.6) is 0 Å². The van der Waals surface area contributed by atoms with Crippen LogP contribution in [-0.2, 0) is 11.3 Å². The number of carbonyl (C=O) groups excluding carboxylic acids is 1. The molecular formula is C18H19FN6O2. The molecule has 140 valence electrons. The van der Waals surface area contributed by atoms with E-state index in [4.69, 9.17) is 0 Å². The molecule has 0 spiro atoms. The Kier molecular flexibility index (Phi) is 4.57. The van der Waals surface area contributed by atoms with Crippen LogP contribution in [0.25, 0.3) is 5.52 Å². The molecule has 0 saturated carbocycles. The Morgan fingerprint density at radius 3 is 2.81 bits per heavy atom. The number of halogens is 1. The minimum Gasteiger partial charge on any atom is -0.371 e. The number of anilines is 1. The molecule has 2 aromatic heterocycles. The van der Waals surface area contributed by atoms with E-state index in [0.29, 0.717) is 5.52 Å². The van der Waals surface area contributed by atoms with Gasteiger partial charge in [0.15, 0.2) is 0 Å². The van der Waals surface area contributed by atoms with Crippen molar-refractivity contribution in [1.82, 2.24) is 24.7 Å². The summed E-state index contributed by atoms with van der Waals surface area (Å²) in [5, 5.41) is 10.9. The topological polar surface area (TPSA) is 84.5 Å². The summed E-state index contributed by atoms with van der Waals surface area (Å²) >= 11 is 0. The molecule has 0 bridgehead atoms. The van der Waals surface area contributed by atoms with Gasteiger partial charge in [0.2, 0.25) is 5.91 Å².